The Bertz CT molecular complexity index is 599. The smallest absolute Gasteiger partial charge is 0.313 e. The van der Waals surface area contributed by atoms with Gasteiger partial charge in [-0.2, -0.15) is 0 Å². The number of imidazole rings is 1. The molecule has 1 aromatic carbocycles. The molecule has 0 radical (unpaired) electrons. The number of halogens is 2. The van der Waals surface area contributed by atoms with Crippen LogP contribution in [0.3, 0.4) is 0 Å². The Morgan fingerprint density at radius 3 is 3.00 bits per heavy atom. The van der Waals surface area contributed by atoms with Gasteiger partial charge in [0.2, 0.25) is 0 Å². The van der Waals surface area contributed by atoms with E-state index in [-0.39, 0.29) is 11.6 Å². The summed E-state index contributed by atoms with van der Waals surface area (Å²) in [6, 6.07) is 2.95. The molecule has 0 aliphatic rings. The summed E-state index contributed by atoms with van der Waals surface area (Å²) in [5, 5.41) is 9.16. The highest BCUT2D eigenvalue weighted by atomic mass is 79.9. The van der Waals surface area contributed by atoms with Crippen LogP contribution in [0.25, 0.3) is 11.0 Å². The number of carbonyl (C=O) groups is 1. The number of rotatable bonds is 3. The molecule has 0 aliphatic carbocycles. The summed E-state index contributed by atoms with van der Waals surface area (Å²) in [7, 11) is 1.77. The van der Waals surface area contributed by atoms with Crippen molar-refractivity contribution in [2.75, 3.05) is 5.75 Å². The van der Waals surface area contributed by atoms with Crippen molar-refractivity contribution in [3.8, 4) is 0 Å². The SMILES string of the molecule is Cn1c(SCC(=O)O)nc2cc(F)c(Br)cc21. The molecule has 7 heteroatoms. The van der Waals surface area contributed by atoms with Crippen molar-refractivity contribution in [1.29, 1.82) is 0 Å². The number of aliphatic carboxylic acids is 1. The van der Waals surface area contributed by atoms with Gasteiger partial charge in [0.25, 0.3) is 0 Å². The van der Waals surface area contributed by atoms with Gasteiger partial charge in [-0.25, -0.2) is 9.37 Å². The molecule has 2 aromatic rings. The first-order valence-corrected chi connectivity index (χ1v) is 6.43. The summed E-state index contributed by atoms with van der Waals surface area (Å²) in [5.74, 6) is -1.36. The van der Waals surface area contributed by atoms with Crippen molar-refractivity contribution in [3.05, 3.63) is 22.4 Å². The standard InChI is InChI=1S/C10H8BrFN2O2S/c1-14-8-2-5(11)6(12)3-7(8)13-10(14)17-4-9(15)16/h2-3H,4H2,1H3,(H,15,16). The number of nitrogens with zero attached hydrogens (tertiary/aromatic N) is 2. The molecule has 90 valence electrons. The van der Waals surface area contributed by atoms with E-state index in [0.717, 1.165) is 17.3 Å². The molecule has 0 saturated heterocycles. The number of carboxylic acids is 1. The van der Waals surface area contributed by atoms with E-state index in [1.807, 2.05) is 0 Å². The molecule has 1 N–H and O–H groups in total. The fraction of sp³-hybridized carbons (Fsp3) is 0.200. The molecular formula is C10H8BrFN2O2S. The second kappa shape index (κ2) is 4.66. The average molecular weight is 319 g/mol. The van der Waals surface area contributed by atoms with E-state index in [1.165, 1.54) is 6.07 Å². The average Bonchev–Trinajstić information content (AvgIpc) is 2.54. The van der Waals surface area contributed by atoms with Crippen molar-refractivity contribution in [3.63, 3.8) is 0 Å². The first kappa shape index (κ1) is 12.4. The Morgan fingerprint density at radius 1 is 1.65 bits per heavy atom. The van der Waals surface area contributed by atoms with Gasteiger partial charge in [-0.15, -0.1) is 0 Å². The zero-order chi connectivity index (χ0) is 12.6. The van der Waals surface area contributed by atoms with Gasteiger partial charge in [0.15, 0.2) is 5.16 Å². The summed E-state index contributed by atoms with van der Waals surface area (Å²) in [5.41, 5.74) is 1.27. The molecule has 0 spiro atoms. The fourth-order valence-electron chi connectivity index (χ4n) is 1.42. The van der Waals surface area contributed by atoms with E-state index in [1.54, 1.807) is 17.7 Å². The van der Waals surface area contributed by atoms with Crippen molar-refractivity contribution in [2.45, 2.75) is 5.16 Å². The quantitative estimate of drug-likeness (QED) is 0.884. The van der Waals surface area contributed by atoms with E-state index in [4.69, 9.17) is 5.11 Å². The van der Waals surface area contributed by atoms with E-state index >= 15 is 0 Å². The van der Waals surface area contributed by atoms with Gasteiger partial charge in [-0.1, -0.05) is 11.8 Å². The summed E-state index contributed by atoms with van der Waals surface area (Å²) < 4.78 is 15.4. The molecule has 1 aromatic heterocycles. The zero-order valence-electron chi connectivity index (χ0n) is 8.78. The van der Waals surface area contributed by atoms with Gasteiger partial charge >= 0.3 is 5.97 Å². The largest absolute Gasteiger partial charge is 0.481 e. The lowest BCUT2D eigenvalue weighted by molar-refractivity contribution is -0.133. The van der Waals surface area contributed by atoms with E-state index < -0.39 is 5.97 Å². The molecule has 0 atom stereocenters. The number of benzene rings is 1. The van der Waals surface area contributed by atoms with Crippen LogP contribution in [0.15, 0.2) is 21.8 Å². The van der Waals surface area contributed by atoms with Gasteiger partial charge in [-0.3, -0.25) is 4.79 Å². The highest BCUT2D eigenvalue weighted by Gasteiger charge is 2.12. The van der Waals surface area contributed by atoms with Crippen LogP contribution in [0.4, 0.5) is 4.39 Å². The predicted molar refractivity (Wildman–Crippen MR) is 66.7 cm³/mol. The van der Waals surface area contributed by atoms with Crippen molar-refractivity contribution in [1.82, 2.24) is 9.55 Å². The van der Waals surface area contributed by atoms with E-state index in [2.05, 4.69) is 20.9 Å². The number of thioether (sulfide) groups is 1. The van der Waals surface area contributed by atoms with E-state index in [9.17, 15) is 9.18 Å². The third-order valence-electron chi connectivity index (χ3n) is 2.21. The molecule has 0 unspecified atom stereocenters. The molecule has 2 rings (SSSR count). The molecule has 0 amide bonds. The lowest BCUT2D eigenvalue weighted by Gasteiger charge is -2.00. The number of carboxylic acid groups (broad SMARTS) is 1. The van der Waals surface area contributed by atoms with Crippen molar-refractivity contribution in [2.24, 2.45) is 7.05 Å². The highest BCUT2D eigenvalue weighted by Crippen LogP contribution is 2.27. The summed E-state index contributed by atoms with van der Waals surface area (Å²) in [6.45, 7) is 0. The number of aryl methyl sites for hydroxylation is 1. The maximum absolute atomic E-state index is 13.3. The highest BCUT2D eigenvalue weighted by molar-refractivity contribution is 9.10. The first-order valence-electron chi connectivity index (χ1n) is 4.65. The van der Waals surface area contributed by atoms with Gasteiger partial charge in [0, 0.05) is 13.1 Å². The van der Waals surface area contributed by atoms with Crippen LogP contribution in [0.2, 0.25) is 0 Å². The van der Waals surface area contributed by atoms with Crippen LogP contribution < -0.4 is 0 Å². The summed E-state index contributed by atoms with van der Waals surface area (Å²) in [4.78, 5) is 14.7. The lowest BCUT2D eigenvalue weighted by atomic mass is 10.3. The van der Waals surface area contributed by atoms with Crippen LogP contribution in [-0.2, 0) is 11.8 Å². The number of aromatic nitrogens is 2. The minimum absolute atomic E-state index is 0.0686. The first-order chi connectivity index (χ1) is 7.99. The van der Waals surface area contributed by atoms with Gasteiger partial charge < -0.3 is 9.67 Å². The third kappa shape index (κ3) is 2.44. The second-order valence-corrected chi connectivity index (χ2v) is 5.19. The van der Waals surface area contributed by atoms with Gasteiger partial charge in [0.1, 0.15) is 5.82 Å². The van der Waals surface area contributed by atoms with Gasteiger partial charge in [-0.05, 0) is 22.0 Å². The Balaban J connectivity index is 2.45. The lowest BCUT2D eigenvalue weighted by Crippen LogP contribution is -2.00. The normalized spacial score (nSPS) is 11.0. The summed E-state index contributed by atoms with van der Waals surface area (Å²) in [6.07, 6.45) is 0. The van der Waals surface area contributed by atoms with Crippen LogP contribution in [-0.4, -0.2) is 26.4 Å². The maximum Gasteiger partial charge on any atom is 0.313 e. The second-order valence-electron chi connectivity index (χ2n) is 3.39. The molecule has 4 nitrogen and oxygen atoms in total. The molecule has 0 saturated carbocycles. The van der Waals surface area contributed by atoms with Crippen LogP contribution in [0, 0.1) is 5.82 Å². The molecule has 1 heterocycles. The maximum atomic E-state index is 13.3. The summed E-state index contributed by atoms with van der Waals surface area (Å²) >= 11 is 4.21. The fourth-order valence-corrected chi connectivity index (χ4v) is 2.46. The van der Waals surface area contributed by atoms with E-state index in [0.29, 0.717) is 15.1 Å². The molecule has 0 bridgehead atoms. The topological polar surface area (TPSA) is 55.1 Å². The number of fused-ring (bicyclic) bond motifs is 1. The Kier molecular flexibility index (Phi) is 3.39. The molecular weight excluding hydrogens is 311 g/mol. The third-order valence-corrected chi connectivity index (χ3v) is 3.83. The van der Waals surface area contributed by atoms with Crippen molar-refractivity contribution >= 4 is 44.7 Å². The Hall–Kier alpha value is -1.08. The number of hydrogen-bond donors (Lipinski definition) is 1. The molecule has 0 aliphatic heterocycles. The minimum atomic E-state index is -0.908. The monoisotopic (exact) mass is 318 g/mol. The predicted octanol–water partition coefficient (Wildman–Crippen LogP) is 2.65. The van der Waals surface area contributed by atoms with Crippen LogP contribution >= 0.6 is 27.7 Å². The Labute approximate surface area is 109 Å². The van der Waals surface area contributed by atoms with Gasteiger partial charge in [0.05, 0.1) is 21.3 Å². The molecule has 17 heavy (non-hydrogen) atoms. The zero-order valence-corrected chi connectivity index (χ0v) is 11.2. The van der Waals surface area contributed by atoms with Crippen molar-refractivity contribution < 1.29 is 14.3 Å². The number of hydrogen-bond acceptors (Lipinski definition) is 3. The molecule has 0 fully saturated rings. The Morgan fingerprint density at radius 2 is 2.35 bits per heavy atom. The minimum Gasteiger partial charge on any atom is -0.481 e. The van der Waals surface area contributed by atoms with Crippen LogP contribution in [0.5, 0.6) is 0 Å². The van der Waals surface area contributed by atoms with Crippen LogP contribution in [0.1, 0.15) is 0 Å².